The predicted molar refractivity (Wildman–Crippen MR) is 69.0 cm³/mol. The van der Waals surface area contributed by atoms with E-state index in [1.165, 1.54) is 12.8 Å². The Morgan fingerprint density at radius 3 is 2.59 bits per heavy atom. The molecule has 0 aliphatic rings. The first-order valence-corrected chi connectivity index (χ1v) is 6.12. The van der Waals surface area contributed by atoms with Gasteiger partial charge in [0.15, 0.2) is 0 Å². The Bertz CT molecular complexity index is 420. The molecule has 2 rings (SSSR count). The molecule has 2 aromatic rings. The molecule has 1 aromatic carbocycles. The zero-order chi connectivity index (χ0) is 11.9. The minimum atomic E-state index is 0.804. The molecule has 0 bridgehead atoms. The van der Waals surface area contributed by atoms with E-state index in [-0.39, 0.29) is 0 Å². The minimum Gasteiger partial charge on any atom is -0.494 e. The molecule has 3 heteroatoms. The highest BCUT2D eigenvalue weighted by Crippen LogP contribution is 2.21. The first-order valence-electron chi connectivity index (χ1n) is 6.12. The monoisotopic (exact) mass is 230 g/mol. The molecule has 1 heterocycles. The van der Waals surface area contributed by atoms with Crippen molar-refractivity contribution in [3.05, 3.63) is 36.7 Å². The Morgan fingerprint density at radius 1 is 1.12 bits per heavy atom. The van der Waals surface area contributed by atoms with Crippen molar-refractivity contribution in [2.45, 2.75) is 26.2 Å². The zero-order valence-electron chi connectivity index (χ0n) is 10.1. The van der Waals surface area contributed by atoms with Crippen molar-refractivity contribution < 1.29 is 4.74 Å². The van der Waals surface area contributed by atoms with Gasteiger partial charge < -0.3 is 4.74 Å². The van der Waals surface area contributed by atoms with Gasteiger partial charge in [0.05, 0.1) is 12.8 Å². The highest BCUT2D eigenvalue weighted by atomic mass is 16.5. The largest absolute Gasteiger partial charge is 0.494 e. The Labute approximate surface area is 102 Å². The number of aromatic amines is 1. The summed E-state index contributed by atoms with van der Waals surface area (Å²) in [6.45, 7) is 3.00. The average Bonchev–Trinajstić information content (AvgIpc) is 2.89. The molecule has 1 aromatic heterocycles. The molecule has 0 saturated carbocycles. The number of aromatic nitrogens is 2. The number of hydrogen-bond donors (Lipinski definition) is 1. The fourth-order valence-electron chi connectivity index (χ4n) is 1.69. The first kappa shape index (κ1) is 11.7. The van der Waals surface area contributed by atoms with Gasteiger partial charge in [-0.1, -0.05) is 31.9 Å². The van der Waals surface area contributed by atoms with Crippen molar-refractivity contribution in [1.82, 2.24) is 10.2 Å². The lowest BCUT2D eigenvalue weighted by Crippen LogP contribution is -1.96. The number of H-pyrrole nitrogens is 1. The molecule has 0 unspecified atom stereocenters. The van der Waals surface area contributed by atoms with E-state index >= 15 is 0 Å². The molecule has 90 valence electrons. The number of nitrogens with zero attached hydrogens (tertiary/aromatic N) is 1. The maximum Gasteiger partial charge on any atom is 0.119 e. The van der Waals surface area contributed by atoms with Gasteiger partial charge >= 0.3 is 0 Å². The smallest absolute Gasteiger partial charge is 0.119 e. The standard InChI is InChI=1S/C14H18N2O/c1-2-3-4-9-17-14-7-5-12(6-8-14)13-10-15-16-11-13/h5-8,10-11H,2-4,9H2,1H3,(H,15,16). The normalized spacial score (nSPS) is 10.4. The predicted octanol–water partition coefficient (Wildman–Crippen LogP) is 3.65. The van der Waals surface area contributed by atoms with Crippen LogP contribution in [0.3, 0.4) is 0 Å². The molecule has 0 aliphatic carbocycles. The van der Waals surface area contributed by atoms with Crippen LogP contribution >= 0.6 is 0 Å². The van der Waals surface area contributed by atoms with E-state index in [1.54, 1.807) is 0 Å². The summed E-state index contributed by atoms with van der Waals surface area (Å²) in [4.78, 5) is 0. The van der Waals surface area contributed by atoms with Crippen molar-refractivity contribution in [3.8, 4) is 16.9 Å². The van der Waals surface area contributed by atoms with Crippen LogP contribution in [0.1, 0.15) is 26.2 Å². The molecule has 1 N–H and O–H groups in total. The molecule has 0 saturated heterocycles. The first-order chi connectivity index (χ1) is 8.40. The van der Waals surface area contributed by atoms with Crippen LogP contribution in [0.5, 0.6) is 5.75 Å². The van der Waals surface area contributed by atoms with Crippen LogP contribution in [-0.2, 0) is 0 Å². The zero-order valence-corrected chi connectivity index (χ0v) is 10.1. The second kappa shape index (κ2) is 6.09. The quantitative estimate of drug-likeness (QED) is 0.769. The molecule has 0 atom stereocenters. The van der Waals surface area contributed by atoms with E-state index < -0.39 is 0 Å². The third kappa shape index (κ3) is 3.34. The lowest BCUT2D eigenvalue weighted by molar-refractivity contribution is 0.306. The summed E-state index contributed by atoms with van der Waals surface area (Å²) >= 11 is 0. The fraction of sp³-hybridized carbons (Fsp3) is 0.357. The van der Waals surface area contributed by atoms with Crippen molar-refractivity contribution >= 4 is 0 Å². The van der Waals surface area contributed by atoms with Gasteiger partial charge in [-0.05, 0) is 24.1 Å². The van der Waals surface area contributed by atoms with E-state index in [1.807, 2.05) is 24.5 Å². The SMILES string of the molecule is CCCCCOc1ccc(-c2cn[nH]c2)cc1. The van der Waals surface area contributed by atoms with Gasteiger partial charge in [-0.2, -0.15) is 5.10 Å². The highest BCUT2D eigenvalue weighted by Gasteiger charge is 1.99. The van der Waals surface area contributed by atoms with Crippen molar-refractivity contribution in [1.29, 1.82) is 0 Å². The Hall–Kier alpha value is -1.77. The van der Waals surface area contributed by atoms with Gasteiger partial charge in [0.1, 0.15) is 5.75 Å². The van der Waals surface area contributed by atoms with Crippen LogP contribution in [0.2, 0.25) is 0 Å². The summed E-state index contributed by atoms with van der Waals surface area (Å²) in [7, 11) is 0. The van der Waals surface area contributed by atoms with Crippen LogP contribution in [0.15, 0.2) is 36.7 Å². The van der Waals surface area contributed by atoms with E-state index in [0.717, 1.165) is 29.9 Å². The number of benzene rings is 1. The molecule has 0 fully saturated rings. The summed E-state index contributed by atoms with van der Waals surface area (Å²) in [6.07, 6.45) is 7.28. The number of unbranched alkanes of at least 4 members (excludes halogenated alkanes) is 2. The Morgan fingerprint density at radius 2 is 1.94 bits per heavy atom. The molecular weight excluding hydrogens is 212 g/mol. The van der Waals surface area contributed by atoms with E-state index in [9.17, 15) is 0 Å². The van der Waals surface area contributed by atoms with Gasteiger partial charge in [0.25, 0.3) is 0 Å². The Balaban J connectivity index is 1.90. The van der Waals surface area contributed by atoms with Crippen LogP contribution < -0.4 is 4.74 Å². The summed E-state index contributed by atoms with van der Waals surface area (Å²) in [5.41, 5.74) is 2.25. The van der Waals surface area contributed by atoms with Gasteiger partial charge in [0, 0.05) is 11.8 Å². The molecule has 0 radical (unpaired) electrons. The number of hydrogen-bond acceptors (Lipinski definition) is 2. The molecule has 0 aliphatic heterocycles. The van der Waals surface area contributed by atoms with Crippen molar-refractivity contribution in [2.75, 3.05) is 6.61 Å². The number of nitrogens with one attached hydrogen (secondary N) is 1. The van der Waals surface area contributed by atoms with Crippen molar-refractivity contribution in [3.63, 3.8) is 0 Å². The maximum atomic E-state index is 5.66. The second-order valence-electron chi connectivity index (χ2n) is 4.07. The third-order valence-corrected chi connectivity index (χ3v) is 2.70. The van der Waals surface area contributed by atoms with Gasteiger partial charge in [-0.25, -0.2) is 0 Å². The molecule has 0 amide bonds. The minimum absolute atomic E-state index is 0.804. The molecule has 3 nitrogen and oxygen atoms in total. The molecule has 17 heavy (non-hydrogen) atoms. The summed E-state index contributed by atoms with van der Waals surface area (Å²) in [5, 5.41) is 6.74. The highest BCUT2D eigenvalue weighted by molar-refractivity contribution is 5.62. The van der Waals surface area contributed by atoms with Crippen LogP contribution in [0.4, 0.5) is 0 Å². The van der Waals surface area contributed by atoms with Crippen LogP contribution in [0, 0.1) is 0 Å². The van der Waals surface area contributed by atoms with Gasteiger partial charge in [0.2, 0.25) is 0 Å². The molecule has 0 spiro atoms. The van der Waals surface area contributed by atoms with E-state index in [4.69, 9.17) is 4.74 Å². The molecular formula is C14H18N2O. The lowest BCUT2D eigenvalue weighted by Gasteiger charge is -2.06. The third-order valence-electron chi connectivity index (χ3n) is 2.70. The Kier molecular flexibility index (Phi) is 4.19. The topological polar surface area (TPSA) is 37.9 Å². The summed E-state index contributed by atoms with van der Waals surface area (Å²) in [5.74, 6) is 0.938. The van der Waals surface area contributed by atoms with Gasteiger partial charge in [-0.3, -0.25) is 5.10 Å². The van der Waals surface area contributed by atoms with Crippen LogP contribution in [-0.4, -0.2) is 16.8 Å². The number of rotatable bonds is 6. The summed E-state index contributed by atoms with van der Waals surface area (Å²) < 4.78 is 5.66. The van der Waals surface area contributed by atoms with Gasteiger partial charge in [-0.15, -0.1) is 0 Å². The average molecular weight is 230 g/mol. The second-order valence-corrected chi connectivity index (χ2v) is 4.07. The number of ether oxygens (including phenoxy) is 1. The van der Waals surface area contributed by atoms with E-state index in [0.29, 0.717) is 0 Å². The van der Waals surface area contributed by atoms with Crippen LogP contribution in [0.25, 0.3) is 11.1 Å². The van der Waals surface area contributed by atoms with E-state index in [2.05, 4.69) is 29.3 Å². The maximum absolute atomic E-state index is 5.66. The van der Waals surface area contributed by atoms with Crippen molar-refractivity contribution in [2.24, 2.45) is 0 Å². The fourth-order valence-corrected chi connectivity index (χ4v) is 1.69. The lowest BCUT2D eigenvalue weighted by atomic mass is 10.1. The summed E-state index contributed by atoms with van der Waals surface area (Å²) in [6, 6.07) is 8.13.